The fraction of sp³-hybridized carbons (Fsp3) is 0.316. The lowest BCUT2D eigenvalue weighted by molar-refractivity contribution is -0.138. The summed E-state index contributed by atoms with van der Waals surface area (Å²) in [6.07, 6.45) is -4.54. The third-order valence-corrected chi connectivity index (χ3v) is 4.73. The molecule has 0 bridgehead atoms. The fourth-order valence-corrected chi connectivity index (χ4v) is 3.37. The van der Waals surface area contributed by atoms with Gasteiger partial charge in [-0.15, -0.1) is 0 Å². The van der Waals surface area contributed by atoms with Crippen molar-refractivity contribution in [2.24, 2.45) is 5.92 Å². The Balaban J connectivity index is 2.10. The van der Waals surface area contributed by atoms with Crippen molar-refractivity contribution < 1.29 is 27.8 Å². The molecule has 0 aliphatic carbocycles. The van der Waals surface area contributed by atoms with Crippen molar-refractivity contribution in [2.75, 3.05) is 19.0 Å². The summed E-state index contributed by atoms with van der Waals surface area (Å²) in [7, 11) is 1.51. The van der Waals surface area contributed by atoms with Crippen LogP contribution in [0, 0.1) is 5.92 Å². The quantitative estimate of drug-likeness (QED) is 0.874. The summed E-state index contributed by atoms with van der Waals surface area (Å²) in [4.78, 5) is 12.5. The number of alkyl halides is 3. The molecule has 1 aliphatic heterocycles. The monoisotopic (exact) mass is 365 g/mol. The fourth-order valence-electron chi connectivity index (χ4n) is 3.37. The largest absolute Gasteiger partial charge is 0.497 e. The Morgan fingerprint density at radius 2 is 1.88 bits per heavy atom. The van der Waals surface area contributed by atoms with E-state index in [0.29, 0.717) is 11.3 Å². The van der Waals surface area contributed by atoms with Gasteiger partial charge in [-0.2, -0.15) is 13.2 Å². The van der Waals surface area contributed by atoms with Crippen molar-refractivity contribution in [2.45, 2.75) is 18.5 Å². The maximum absolute atomic E-state index is 13.4. The minimum absolute atomic E-state index is 0.0126. The van der Waals surface area contributed by atoms with Crippen molar-refractivity contribution in [1.82, 2.24) is 0 Å². The van der Waals surface area contributed by atoms with Gasteiger partial charge < -0.3 is 15.2 Å². The molecule has 0 aromatic heterocycles. The van der Waals surface area contributed by atoms with Gasteiger partial charge in [-0.1, -0.05) is 18.2 Å². The lowest BCUT2D eigenvalue weighted by Gasteiger charge is -2.23. The van der Waals surface area contributed by atoms with E-state index in [9.17, 15) is 23.1 Å². The van der Waals surface area contributed by atoms with E-state index in [0.717, 1.165) is 6.07 Å². The number of fused-ring (bicyclic) bond motifs is 1. The molecule has 2 aromatic carbocycles. The molecule has 2 unspecified atom stereocenters. The summed E-state index contributed by atoms with van der Waals surface area (Å²) in [5, 5.41) is 12.3. The van der Waals surface area contributed by atoms with Crippen LogP contribution in [0.2, 0.25) is 0 Å². The molecule has 1 amide bonds. The number of benzene rings is 2. The van der Waals surface area contributed by atoms with Crippen molar-refractivity contribution in [3.05, 3.63) is 59.2 Å². The van der Waals surface area contributed by atoms with E-state index in [2.05, 4.69) is 5.32 Å². The van der Waals surface area contributed by atoms with Crippen LogP contribution in [0.3, 0.4) is 0 Å². The molecule has 2 atom stereocenters. The van der Waals surface area contributed by atoms with Crippen molar-refractivity contribution in [1.29, 1.82) is 0 Å². The van der Waals surface area contributed by atoms with E-state index in [4.69, 9.17) is 4.74 Å². The zero-order valence-corrected chi connectivity index (χ0v) is 14.0. The van der Waals surface area contributed by atoms with Crippen LogP contribution in [0.15, 0.2) is 42.5 Å². The van der Waals surface area contributed by atoms with Crippen molar-refractivity contribution in [3.63, 3.8) is 0 Å². The van der Waals surface area contributed by atoms with Crippen LogP contribution in [0.1, 0.15) is 22.6 Å². The first-order valence-corrected chi connectivity index (χ1v) is 8.10. The molecule has 7 heteroatoms. The average Bonchev–Trinajstić information content (AvgIpc) is 2.75. The molecular weight excluding hydrogens is 347 g/mol. The summed E-state index contributed by atoms with van der Waals surface area (Å²) in [6.45, 7) is -0.460. The van der Waals surface area contributed by atoms with Gasteiger partial charge in [0.1, 0.15) is 5.75 Å². The van der Waals surface area contributed by atoms with Gasteiger partial charge in [0.25, 0.3) is 0 Å². The van der Waals surface area contributed by atoms with E-state index in [-0.39, 0.29) is 17.7 Å². The highest BCUT2D eigenvalue weighted by Gasteiger charge is 2.39. The number of ether oxygens (including phenoxy) is 1. The van der Waals surface area contributed by atoms with Crippen LogP contribution in [0.25, 0.3) is 0 Å². The third-order valence-electron chi connectivity index (χ3n) is 4.73. The first kappa shape index (κ1) is 18.3. The molecule has 26 heavy (non-hydrogen) atoms. The van der Waals surface area contributed by atoms with Gasteiger partial charge in [-0.3, -0.25) is 4.79 Å². The Hall–Kier alpha value is -2.54. The first-order valence-electron chi connectivity index (χ1n) is 8.10. The zero-order valence-electron chi connectivity index (χ0n) is 14.0. The number of methoxy groups -OCH3 is 1. The number of carbonyl (C=O) groups is 1. The van der Waals surface area contributed by atoms with E-state index >= 15 is 0 Å². The van der Waals surface area contributed by atoms with Crippen LogP contribution in [0.4, 0.5) is 18.9 Å². The molecule has 0 spiro atoms. The van der Waals surface area contributed by atoms with E-state index in [1.54, 1.807) is 24.3 Å². The number of hydrogen-bond acceptors (Lipinski definition) is 3. The Morgan fingerprint density at radius 3 is 2.46 bits per heavy atom. The van der Waals surface area contributed by atoms with Gasteiger partial charge in [0, 0.05) is 11.6 Å². The summed E-state index contributed by atoms with van der Waals surface area (Å²) in [5.74, 6) is -1.33. The highest BCUT2D eigenvalue weighted by atomic mass is 19.4. The Morgan fingerprint density at radius 1 is 1.19 bits per heavy atom. The van der Waals surface area contributed by atoms with Gasteiger partial charge in [0.15, 0.2) is 0 Å². The minimum Gasteiger partial charge on any atom is -0.497 e. The number of rotatable bonds is 3. The number of nitrogens with one attached hydrogen (secondary N) is 1. The standard InChI is InChI=1S/C19H18F3NO3/c1-26-12-7-5-11(6-8-12)13-9-14-16(19(20,21)22)3-2-4-17(14)23-18(25)15(13)10-24/h2-8,13,15,24H,9-10H2,1H3,(H,23,25). The van der Waals surface area contributed by atoms with Crippen molar-refractivity contribution in [3.8, 4) is 5.75 Å². The van der Waals surface area contributed by atoms with Gasteiger partial charge in [-0.05, 0) is 41.8 Å². The highest BCUT2D eigenvalue weighted by Crippen LogP contribution is 2.41. The summed E-state index contributed by atoms with van der Waals surface area (Å²) in [5.41, 5.74) is 0.0710. The first-order chi connectivity index (χ1) is 12.3. The number of carbonyl (C=O) groups excluding carboxylic acids is 1. The van der Waals surface area contributed by atoms with E-state index < -0.39 is 36.1 Å². The predicted molar refractivity (Wildman–Crippen MR) is 90.1 cm³/mol. The second-order valence-electron chi connectivity index (χ2n) is 6.19. The molecule has 1 heterocycles. The van der Waals surface area contributed by atoms with Crippen molar-refractivity contribution >= 4 is 11.6 Å². The molecule has 2 N–H and O–H groups in total. The van der Waals surface area contributed by atoms with Gasteiger partial charge in [0.2, 0.25) is 5.91 Å². The summed E-state index contributed by atoms with van der Waals surface area (Å²) in [6, 6.07) is 10.5. The molecule has 0 radical (unpaired) electrons. The van der Waals surface area contributed by atoms with E-state index in [1.165, 1.54) is 19.2 Å². The molecule has 0 saturated heterocycles. The SMILES string of the molecule is COc1ccc(C2Cc3c(cccc3C(F)(F)F)NC(=O)C2CO)cc1. The van der Waals surface area contributed by atoms with Gasteiger partial charge in [0.05, 0.1) is 25.2 Å². The number of aliphatic hydroxyl groups excluding tert-OH is 1. The topological polar surface area (TPSA) is 58.6 Å². The van der Waals surface area contributed by atoms with Gasteiger partial charge >= 0.3 is 6.18 Å². The number of halogens is 3. The summed E-state index contributed by atoms with van der Waals surface area (Å²) >= 11 is 0. The average molecular weight is 365 g/mol. The third kappa shape index (κ3) is 3.39. The van der Waals surface area contributed by atoms with Crippen LogP contribution < -0.4 is 10.1 Å². The second-order valence-corrected chi connectivity index (χ2v) is 6.19. The highest BCUT2D eigenvalue weighted by molar-refractivity contribution is 5.95. The second kappa shape index (κ2) is 6.99. The summed E-state index contributed by atoms with van der Waals surface area (Å²) < 4.78 is 45.4. The molecular formula is C19H18F3NO3. The Bertz CT molecular complexity index is 803. The molecule has 138 valence electrons. The van der Waals surface area contributed by atoms with Crippen LogP contribution >= 0.6 is 0 Å². The molecule has 4 nitrogen and oxygen atoms in total. The van der Waals surface area contributed by atoms with Crippen LogP contribution in [0.5, 0.6) is 5.75 Å². The lowest BCUT2D eigenvalue weighted by atomic mass is 9.81. The van der Waals surface area contributed by atoms with Crippen LogP contribution in [-0.4, -0.2) is 24.7 Å². The molecule has 1 aliphatic rings. The number of hydrogen-bond donors (Lipinski definition) is 2. The van der Waals surface area contributed by atoms with Gasteiger partial charge in [-0.25, -0.2) is 0 Å². The Labute approximate surface area is 148 Å². The molecule has 3 rings (SSSR count). The zero-order chi connectivity index (χ0) is 18.9. The predicted octanol–water partition coefficient (Wildman–Crippen LogP) is 3.60. The number of amides is 1. The van der Waals surface area contributed by atoms with E-state index in [1.807, 2.05) is 0 Å². The molecule has 2 aromatic rings. The smallest absolute Gasteiger partial charge is 0.416 e. The minimum atomic E-state index is -4.53. The molecule has 0 fully saturated rings. The lowest BCUT2D eigenvalue weighted by Crippen LogP contribution is -2.29. The number of anilines is 1. The normalized spacial score (nSPS) is 20.1. The van der Waals surface area contributed by atoms with Crippen LogP contribution in [-0.2, 0) is 17.4 Å². The Kier molecular flexibility index (Phi) is 4.91. The maximum Gasteiger partial charge on any atom is 0.416 e. The molecule has 0 saturated carbocycles. The maximum atomic E-state index is 13.4. The number of aliphatic hydroxyl groups is 1.